The summed E-state index contributed by atoms with van der Waals surface area (Å²) in [5, 5.41) is 1.10. The summed E-state index contributed by atoms with van der Waals surface area (Å²) in [6.07, 6.45) is 0.777. The van der Waals surface area contributed by atoms with Crippen molar-refractivity contribution in [2.45, 2.75) is 6.92 Å². The van der Waals surface area contributed by atoms with Gasteiger partial charge in [-0.3, -0.25) is 4.79 Å². The van der Waals surface area contributed by atoms with Gasteiger partial charge in [0.1, 0.15) is 5.69 Å². The summed E-state index contributed by atoms with van der Waals surface area (Å²) in [4.78, 5) is 14.7. The molecule has 0 N–H and O–H groups in total. The first-order valence-corrected chi connectivity index (χ1v) is 4.13. The second kappa shape index (κ2) is 2.98. The Bertz CT molecular complexity index is 463. The number of hydrogen-bond acceptors (Lipinski definition) is 2. The first kappa shape index (κ1) is 7.92. The molecule has 0 fully saturated rings. The van der Waals surface area contributed by atoms with Crippen LogP contribution < -0.4 is 0 Å². The predicted molar refractivity (Wildman–Crippen MR) is 51.9 cm³/mol. The van der Waals surface area contributed by atoms with Gasteiger partial charge >= 0.3 is 0 Å². The van der Waals surface area contributed by atoms with Gasteiger partial charge in [0.2, 0.25) is 0 Å². The maximum Gasteiger partial charge on any atom is 0.168 e. The zero-order chi connectivity index (χ0) is 9.26. The molecular formula is C11H9NO. The van der Waals surface area contributed by atoms with Crippen LogP contribution in [0, 0.1) is 6.92 Å². The fraction of sp³-hybridized carbons (Fsp3) is 0.0909. The van der Waals surface area contributed by atoms with Gasteiger partial charge in [-0.1, -0.05) is 18.2 Å². The number of nitrogens with zero attached hydrogens (tertiary/aromatic N) is 1. The molecule has 2 heteroatoms. The maximum atomic E-state index is 10.5. The second-order valence-corrected chi connectivity index (χ2v) is 3.00. The average Bonchev–Trinajstić information content (AvgIpc) is 2.18. The average molecular weight is 171 g/mol. The Hall–Kier alpha value is -1.70. The molecule has 0 aliphatic rings. The summed E-state index contributed by atoms with van der Waals surface area (Å²) >= 11 is 0. The van der Waals surface area contributed by atoms with Crippen molar-refractivity contribution in [3.63, 3.8) is 0 Å². The number of rotatable bonds is 1. The molecule has 2 aromatic rings. The number of pyridine rings is 1. The maximum absolute atomic E-state index is 10.5. The minimum Gasteiger partial charge on any atom is -0.296 e. The van der Waals surface area contributed by atoms with Gasteiger partial charge in [0.05, 0.1) is 5.52 Å². The third kappa shape index (κ3) is 1.31. The molecule has 0 saturated heterocycles. The van der Waals surface area contributed by atoms with Crippen molar-refractivity contribution in [2.75, 3.05) is 0 Å². The highest BCUT2D eigenvalue weighted by molar-refractivity contribution is 5.86. The molecule has 0 radical (unpaired) electrons. The number of fused-ring (bicyclic) bond motifs is 1. The van der Waals surface area contributed by atoms with Crippen molar-refractivity contribution < 1.29 is 4.79 Å². The van der Waals surface area contributed by atoms with Crippen LogP contribution in [0.1, 0.15) is 16.1 Å². The summed E-state index contributed by atoms with van der Waals surface area (Å²) in [6, 6.07) is 9.61. The van der Waals surface area contributed by atoms with Crippen molar-refractivity contribution in [1.82, 2.24) is 4.98 Å². The molecular weight excluding hydrogens is 162 g/mol. The smallest absolute Gasteiger partial charge is 0.168 e. The van der Waals surface area contributed by atoms with E-state index in [9.17, 15) is 4.79 Å². The number of para-hydroxylation sites is 1. The Morgan fingerprint density at radius 3 is 2.85 bits per heavy atom. The predicted octanol–water partition coefficient (Wildman–Crippen LogP) is 2.36. The van der Waals surface area contributed by atoms with E-state index >= 15 is 0 Å². The van der Waals surface area contributed by atoms with E-state index in [-0.39, 0.29) is 0 Å². The van der Waals surface area contributed by atoms with E-state index in [1.54, 1.807) is 6.07 Å². The number of carbonyl (C=O) groups excluding carboxylic acids is 1. The van der Waals surface area contributed by atoms with Gasteiger partial charge in [-0.2, -0.15) is 0 Å². The van der Waals surface area contributed by atoms with Crippen LogP contribution in [0.15, 0.2) is 30.3 Å². The van der Waals surface area contributed by atoms with Gasteiger partial charge in [0, 0.05) is 5.39 Å². The molecule has 0 amide bonds. The molecule has 0 aliphatic carbocycles. The van der Waals surface area contributed by atoms with E-state index in [1.807, 2.05) is 31.2 Å². The zero-order valence-electron chi connectivity index (χ0n) is 7.32. The largest absolute Gasteiger partial charge is 0.296 e. The summed E-state index contributed by atoms with van der Waals surface area (Å²) in [6.45, 7) is 1.98. The third-order valence-electron chi connectivity index (χ3n) is 2.06. The second-order valence-electron chi connectivity index (χ2n) is 3.00. The molecule has 1 heterocycles. The quantitative estimate of drug-likeness (QED) is 0.616. The van der Waals surface area contributed by atoms with Crippen LogP contribution in [0.25, 0.3) is 10.9 Å². The lowest BCUT2D eigenvalue weighted by atomic mass is 10.1. The first-order valence-electron chi connectivity index (χ1n) is 4.13. The molecule has 0 unspecified atom stereocenters. The summed E-state index contributed by atoms with van der Waals surface area (Å²) < 4.78 is 0. The molecule has 2 nitrogen and oxygen atoms in total. The van der Waals surface area contributed by atoms with Crippen LogP contribution in [0.3, 0.4) is 0 Å². The number of carbonyl (C=O) groups is 1. The van der Waals surface area contributed by atoms with Crippen LogP contribution in [0.2, 0.25) is 0 Å². The van der Waals surface area contributed by atoms with Gasteiger partial charge in [-0.25, -0.2) is 4.98 Å². The van der Waals surface area contributed by atoms with E-state index < -0.39 is 0 Å². The molecule has 0 saturated carbocycles. The van der Waals surface area contributed by atoms with Crippen LogP contribution in [-0.4, -0.2) is 11.3 Å². The van der Waals surface area contributed by atoms with Crippen molar-refractivity contribution in [3.8, 4) is 0 Å². The Balaban J connectivity index is 2.84. The van der Waals surface area contributed by atoms with Gasteiger partial charge < -0.3 is 0 Å². The Morgan fingerprint density at radius 1 is 1.31 bits per heavy atom. The van der Waals surface area contributed by atoms with Crippen LogP contribution in [0.4, 0.5) is 0 Å². The molecule has 0 aliphatic heterocycles. The number of aromatic nitrogens is 1. The molecule has 2 rings (SSSR count). The monoisotopic (exact) mass is 171 g/mol. The van der Waals surface area contributed by atoms with Gasteiger partial charge in [0.15, 0.2) is 6.29 Å². The summed E-state index contributed by atoms with van der Waals surface area (Å²) in [7, 11) is 0. The van der Waals surface area contributed by atoms with Crippen LogP contribution in [0.5, 0.6) is 0 Å². The lowest BCUT2D eigenvalue weighted by Crippen LogP contribution is -1.90. The van der Waals surface area contributed by atoms with Gasteiger partial charge in [0.25, 0.3) is 0 Å². The Kier molecular flexibility index (Phi) is 1.81. The van der Waals surface area contributed by atoms with E-state index in [0.29, 0.717) is 5.69 Å². The van der Waals surface area contributed by atoms with E-state index in [0.717, 1.165) is 22.8 Å². The van der Waals surface area contributed by atoms with Crippen LogP contribution in [-0.2, 0) is 0 Å². The summed E-state index contributed by atoms with van der Waals surface area (Å²) in [5.41, 5.74) is 2.47. The Morgan fingerprint density at radius 2 is 2.08 bits per heavy atom. The molecule has 0 atom stereocenters. The van der Waals surface area contributed by atoms with Crippen molar-refractivity contribution in [2.24, 2.45) is 0 Å². The van der Waals surface area contributed by atoms with E-state index in [1.165, 1.54) is 0 Å². The normalized spacial score (nSPS) is 10.2. The zero-order valence-corrected chi connectivity index (χ0v) is 7.32. The molecule has 0 spiro atoms. The lowest BCUT2D eigenvalue weighted by molar-refractivity contribution is 0.111. The number of aryl methyl sites for hydroxylation is 1. The van der Waals surface area contributed by atoms with E-state index in [2.05, 4.69) is 4.98 Å². The lowest BCUT2D eigenvalue weighted by Gasteiger charge is -2.01. The first-order chi connectivity index (χ1) is 6.31. The highest BCUT2D eigenvalue weighted by Gasteiger charge is 1.99. The van der Waals surface area contributed by atoms with Crippen molar-refractivity contribution >= 4 is 17.2 Å². The number of aldehydes is 1. The molecule has 1 aromatic carbocycles. The van der Waals surface area contributed by atoms with Gasteiger partial charge in [-0.15, -0.1) is 0 Å². The minimum atomic E-state index is 0.496. The number of hydrogen-bond donors (Lipinski definition) is 0. The highest BCUT2D eigenvalue weighted by Crippen LogP contribution is 2.16. The summed E-state index contributed by atoms with van der Waals surface area (Å²) in [5.74, 6) is 0. The molecule has 13 heavy (non-hydrogen) atoms. The van der Waals surface area contributed by atoms with Crippen molar-refractivity contribution in [1.29, 1.82) is 0 Å². The molecule has 64 valence electrons. The topological polar surface area (TPSA) is 30.0 Å². The van der Waals surface area contributed by atoms with Gasteiger partial charge in [-0.05, 0) is 24.6 Å². The highest BCUT2D eigenvalue weighted by atomic mass is 16.1. The van der Waals surface area contributed by atoms with Crippen LogP contribution >= 0.6 is 0 Å². The standard InChI is InChI=1S/C11H9NO/c1-8-6-9(7-13)12-11-5-3-2-4-10(8)11/h2-7H,1H3. The molecule has 0 bridgehead atoms. The SMILES string of the molecule is Cc1cc(C=O)nc2ccccc12. The fourth-order valence-electron chi connectivity index (χ4n) is 1.44. The fourth-order valence-corrected chi connectivity index (χ4v) is 1.44. The Labute approximate surface area is 76.2 Å². The molecule has 1 aromatic heterocycles. The van der Waals surface area contributed by atoms with Crippen molar-refractivity contribution in [3.05, 3.63) is 41.6 Å². The number of benzene rings is 1. The minimum absolute atomic E-state index is 0.496. The third-order valence-corrected chi connectivity index (χ3v) is 2.06. The van der Waals surface area contributed by atoms with E-state index in [4.69, 9.17) is 0 Å².